The molecule has 1 unspecified atom stereocenters. The maximum absolute atomic E-state index is 12.7. The van der Waals surface area contributed by atoms with Gasteiger partial charge >= 0.3 is 18.2 Å². The van der Waals surface area contributed by atoms with Crippen LogP contribution in [-0.2, 0) is 31.9 Å². The van der Waals surface area contributed by atoms with Gasteiger partial charge in [-0.25, -0.2) is 14.6 Å². The number of hydrogen-bond acceptors (Lipinski definition) is 10. The zero-order valence-corrected chi connectivity index (χ0v) is 23.6. The van der Waals surface area contributed by atoms with Crippen molar-refractivity contribution in [2.24, 2.45) is 5.92 Å². The first-order valence-electron chi connectivity index (χ1n) is 14.2. The molecule has 4 rings (SSSR count). The predicted molar refractivity (Wildman–Crippen MR) is 145 cm³/mol. The molecule has 222 valence electrons. The van der Waals surface area contributed by atoms with Gasteiger partial charge in [0, 0.05) is 37.9 Å². The Morgan fingerprint density at radius 3 is 2.73 bits per heavy atom. The number of nitrogens with zero attached hydrogens (tertiary/aromatic N) is 3. The third-order valence-corrected chi connectivity index (χ3v) is 7.57. The molecule has 3 heterocycles. The van der Waals surface area contributed by atoms with Crippen LogP contribution in [0.15, 0.2) is 12.1 Å². The summed E-state index contributed by atoms with van der Waals surface area (Å²) in [6.45, 7) is 6.44. The lowest BCUT2D eigenvalue weighted by atomic mass is 9.76. The summed E-state index contributed by atoms with van der Waals surface area (Å²) >= 11 is 0. The summed E-state index contributed by atoms with van der Waals surface area (Å²) < 4.78 is 10.8. The minimum Gasteiger partial charge on any atom is -0.480 e. The lowest BCUT2D eigenvalue weighted by molar-refractivity contribution is -0.215. The molecule has 2 atom stereocenters. The average Bonchev–Trinajstić information content (AvgIpc) is 3.33. The third-order valence-electron chi connectivity index (χ3n) is 7.57. The van der Waals surface area contributed by atoms with Crippen molar-refractivity contribution in [3.63, 3.8) is 0 Å². The molecular formula is C28H42N4O8. The molecule has 1 saturated carbocycles. The highest BCUT2D eigenvalue weighted by molar-refractivity contribution is 5.73. The van der Waals surface area contributed by atoms with Crippen molar-refractivity contribution in [1.29, 1.82) is 0 Å². The summed E-state index contributed by atoms with van der Waals surface area (Å²) in [4.78, 5) is 48.7. The van der Waals surface area contributed by atoms with Crippen LogP contribution in [0, 0.1) is 5.92 Å². The normalized spacial score (nSPS) is 23.0. The molecule has 1 saturated heterocycles. The number of carboxylic acid groups (broad SMARTS) is 1. The number of anilines is 1. The van der Waals surface area contributed by atoms with E-state index in [4.69, 9.17) is 19.3 Å². The minimum atomic E-state index is -1.20. The molecule has 1 amide bonds. The highest BCUT2D eigenvalue weighted by atomic mass is 16.8. The molecule has 40 heavy (non-hydrogen) atoms. The van der Waals surface area contributed by atoms with Gasteiger partial charge in [0.25, 0.3) is 0 Å². The molecule has 12 heteroatoms. The number of ether oxygens (including phenoxy) is 2. The van der Waals surface area contributed by atoms with E-state index in [0.717, 1.165) is 43.7 Å². The van der Waals surface area contributed by atoms with Crippen molar-refractivity contribution in [3.8, 4) is 0 Å². The van der Waals surface area contributed by atoms with Crippen LogP contribution >= 0.6 is 0 Å². The van der Waals surface area contributed by atoms with E-state index in [1.54, 1.807) is 20.8 Å². The molecule has 1 aromatic heterocycles. The predicted octanol–water partition coefficient (Wildman–Crippen LogP) is 3.37. The van der Waals surface area contributed by atoms with E-state index in [-0.39, 0.29) is 25.6 Å². The van der Waals surface area contributed by atoms with Crippen molar-refractivity contribution in [2.45, 2.75) is 95.9 Å². The number of fused-ring (bicyclic) bond motifs is 1. The number of rotatable bonds is 10. The summed E-state index contributed by atoms with van der Waals surface area (Å²) in [5.74, 6) is 0.116. The molecule has 0 bridgehead atoms. The quantitative estimate of drug-likeness (QED) is 0.284. The van der Waals surface area contributed by atoms with E-state index < -0.39 is 36.0 Å². The van der Waals surface area contributed by atoms with E-state index in [2.05, 4.69) is 17.4 Å². The largest absolute Gasteiger partial charge is 0.528 e. The molecule has 0 spiro atoms. The van der Waals surface area contributed by atoms with E-state index >= 15 is 0 Å². The maximum Gasteiger partial charge on any atom is 0.528 e. The molecular weight excluding hydrogens is 520 g/mol. The zero-order valence-electron chi connectivity index (χ0n) is 23.6. The average molecular weight is 563 g/mol. The van der Waals surface area contributed by atoms with E-state index in [9.17, 15) is 24.6 Å². The van der Waals surface area contributed by atoms with Gasteiger partial charge in [-0.05, 0) is 83.3 Å². The number of nitrogens with one attached hydrogen (secondary N) is 1. The summed E-state index contributed by atoms with van der Waals surface area (Å²) in [6, 6.07) is 2.71. The van der Waals surface area contributed by atoms with Crippen molar-refractivity contribution in [3.05, 3.63) is 23.4 Å². The molecule has 3 N–H and O–H groups in total. The second-order valence-corrected chi connectivity index (χ2v) is 11.9. The fraction of sp³-hybridized carbons (Fsp3) is 0.714. The molecule has 2 fully saturated rings. The minimum absolute atomic E-state index is 0.0916. The Bertz CT molecular complexity index is 1060. The second-order valence-electron chi connectivity index (χ2n) is 11.9. The van der Waals surface area contributed by atoms with Gasteiger partial charge in [-0.15, -0.1) is 5.06 Å². The number of aliphatic hydroxyl groups excluding tert-OH is 1. The van der Waals surface area contributed by atoms with Gasteiger partial charge in [-0.2, -0.15) is 0 Å². The van der Waals surface area contributed by atoms with Crippen molar-refractivity contribution in [1.82, 2.24) is 14.9 Å². The van der Waals surface area contributed by atoms with Crippen LogP contribution < -0.4 is 5.32 Å². The molecule has 1 aromatic rings. The number of carbonyl (C=O) groups is 3. The standard InChI is InChI=1S/C28H42N4O8/c1-28(2,3)39-26(36)31-13-10-22(17-31)38-27(37)40-32(23(11-14-33)25(34)35)21-15-18(16-21)6-8-20-9-7-19-5-4-12-29-24(19)30-20/h7,9,18,21-23,33H,4-6,8,10-17H2,1-3H3,(H,29,30)(H,34,35)/t18?,21?,22?,23-/m0/s1. The number of likely N-dealkylation sites (tertiary alicyclic amines) is 1. The Labute approximate surface area is 234 Å². The van der Waals surface area contributed by atoms with Gasteiger partial charge in [-0.1, -0.05) is 6.07 Å². The van der Waals surface area contributed by atoms with Crippen molar-refractivity contribution >= 4 is 24.0 Å². The number of hydrogen-bond donors (Lipinski definition) is 3. The Kier molecular flexibility index (Phi) is 9.72. The van der Waals surface area contributed by atoms with Crippen molar-refractivity contribution in [2.75, 3.05) is 31.6 Å². The highest BCUT2D eigenvalue weighted by Crippen LogP contribution is 2.37. The number of pyridine rings is 1. The maximum atomic E-state index is 12.7. The molecule has 12 nitrogen and oxygen atoms in total. The third kappa shape index (κ3) is 7.97. The first-order valence-corrected chi connectivity index (χ1v) is 14.2. The van der Waals surface area contributed by atoms with Gasteiger partial charge in [0.2, 0.25) is 0 Å². The summed E-state index contributed by atoms with van der Waals surface area (Å²) in [5, 5.41) is 23.8. The fourth-order valence-electron chi connectivity index (χ4n) is 5.44. The second kappa shape index (κ2) is 13.0. The van der Waals surface area contributed by atoms with Gasteiger partial charge in [0.1, 0.15) is 23.6 Å². The van der Waals surface area contributed by atoms with Gasteiger partial charge in [-0.3, -0.25) is 4.79 Å². The molecule has 1 aliphatic carbocycles. The first-order chi connectivity index (χ1) is 19.0. The van der Waals surface area contributed by atoms with Crippen LogP contribution in [0.5, 0.6) is 0 Å². The fourth-order valence-corrected chi connectivity index (χ4v) is 5.44. The highest BCUT2D eigenvalue weighted by Gasteiger charge is 2.42. The monoisotopic (exact) mass is 562 g/mol. The van der Waals surface area contributed by atoms with Crippen LogP contribution in [0.25, 0.3) is 0 Å². The number of amides is 1. The lowest BCUT2D eigenvalue weighted by Gasteiger charge is -2.43. The Balaban J connectivity index is 1.29. The Morgan fingerprint density at radius 1 is 1.25 bits per heavy atom. The van der Waals surface area contributed by atoms with Gasteiger partial charge in [0.15, 0.2) is 0 Å². The van der Waals surface area contributed by atoms with E-state index in [1.807, 2.05) is 0 Å². The topological polar surface area (TPSA) is 151 Å². The number of hydroxylamine groups is 2. The summed E-state index contributed by atoms with van der Waals surface area (Å²) in [5.41, 5.74) is 1.63. The number of aliphatic carboxylic acids is 1. The van der Waals surface area contributed by atoms with Crippen LogP contribution in [0.3, 0.4) is 0 Å². The van der Waals surface area contributed by atoms with Crippen LogP contribution in [0.1, 0.15) is 70.6 Å². The Hall–Kier alpha value is -3.12. The number of carboxylic acids is 1. The molecule has 3 aliphatic rings. The van der Waals surface area contributed by atoms with Crippen LogP contribution in [0.4, 0.5) is 15.4 Å². The van der Waals surface area contributed by atoms with E-state index in [0.29, 0.717) is 31.7 Å². The number of aliphatic hydroxyl groups is 1. The van der Waals surface area contributed by atoms with Crippen LogP contribution in [0.2, 0.25) is 0 Å². The lowest BCUT2D eigenvalue weighted by Crippen LogP contribution is -2.53. The SMILES string of the molecule is CC(C)(C)OC(=O)N1CCC(OC(=O)ON(C2CC(CCc3ccc4c(n3)NCCC4)C2)[C@@H](CCO)C(=O)O)C1. The summed E-state index contributed by atoms with van der Waals surface area (Å²) in [6.07, 6.45) is 3.40. The van der Waals surface area contributed by atoms with Gasteiger partial charge < -0.3 is 34.7 Å². The van der Waals surface area contributed by atoms with Crippen molar-refractivity contribution < 1.29 is 38.9 Å². The Morgan fingerprint density at radius 2 is 2.02 bits per heavy atom. The number of carbonyl (C=O) groups excluding carboxylic acids is 2. The van der Waals surface area contributed by atoms with Gasteiger partial charge in [0.05, 0.1) is 6.54 Å². The smallest absolute Gasteiger partial charge is 0.480 e. The van der Waals surface area contributed by atoms with Crippen LogP contribution in [-0.4, -0.2) is 93.4 Å². The number of aromatic nitrogens is 1. The molecule has 2 aliphatic heterocycles. The first kappa shape index (κ1) is 29.9. The molecule has 0 aromatic carbocycles. The molecule has 0 radical (unpaired) electrons. The number of aryl methyl sites for hydroxylation is 2. The zero-order chi connectivity index (χ0) is 28.9. The summed E-state index contributed by atoms with van der Waals surface area (Å²) in [7, 11) is 0. The van der Waals surface area contributed by atoms with E-state index in [1.165, 1.54) is 15.5 Å².